The fourth-order valence-electron chi connectivity index (χ4n) is 4.69. The number of pyridine rings is 1. The van der Waals surface area contributed by atoms with Crippen LogP contribution in [0.25, 0.3) is 0 Å². The molecule has 1 fully saturated rings. The Hall–Kier alpha value is -1.81. The number of nitriles is 1. The minimum atomic E-state index is -0.964. The number of nitrogens with zero attached hydrogens (tertiary/aromatic N) is 3. The summed E-state index contributed by atoms with van der Waals surface area (Å²) in [5, 5.41) is 20.7. The van der Waals surface area contributed by atoms with Crippen molar-refractivity contribution in [1.82, 2.24) is 4.98 Å². The zero-order valence-electron chi connectivity index (χ0n) is 15.6. The number of fused-ring (bicyclic) bond motifs is 2. The quantitative estimate of drug-likeness (QED) is 0.719. The maximum Gasteiger partial charge on any atom is 0.134 e. The Bertz CT molecular complexity index is 946. The third-order valence-corrected chi connectivity index (χ3v) is 7.18. The number of halogens is 2. The molecule has 0 bridgehead atoms. The zero-order valence-corrected chi connectivity index (χ0v) is 17.9. The van der Waals surface area contributed by atoms with Gasteiger partial charge in [-0.1, -0.05) is 23.7 Å². The second kappa shape index (κ2) is 7.22. The molecule has 4 rings (SSSR count). The van der Waals surface area contributed by atoms with Crippen LogP contribution in [-0.4, -0.2) is 29.3 Å². The highest BCUT2D eigenvalue weighted by Gasteiger charge is 2.54. The second-order valence-corrected chi connectivity index (χ2v) is 9.07. The average molecular weight is 463 g/mol. The number of anilines is 1. The smallest absolute Gasteiger partial charge is 0.134 e. The Labute approximate surface area is 178 Å². The van der Waals surface area contributed by atoms with Crippen LogP contribution < -0.4 is 9.64 Å². The number of aliphatic hydroxyl groups is 1. The van der Waals surface area contributed by atoms with Gasteiger partial charge in [0.05, 0.1) is 34.7 Å². The van der Waals surface area contributed by atoms with Crippen LogP contribution >= 0.6 is 27.5 Å². The normalized spacial score (nSPS) is 25.8. The molecule has 2 aliphatic rings. The van der Waals surface area contributed by atoms with Crippen molar-refractivity contribution in [1.29, 1.82) is 5.26 Å². The summed E-state index contributed by atoms with van der Waals surface area (Å²) < 4.78 is 6.00. The molecule has 1 aromatic carbocycles. The van der Waals surface area contributed by atoms with Crippen LogP contribution in [-0.2, 0) is 12.0 Å². The molecule has 5 nitrogen and oxygen atoms in total. The lowest BCUT2D eigenvalue weighted by molar-refractivity contribution is 0.0465. The highest BCUT2D eigenvalue weighted by Crippen LogP contribution is 2.56. The fourth-order valence-corrected chi connectivity index (χ4v) is 5.33. The Morgan fingerprint density at radius 1 is 1.36 bits per heavy atom. The van der Waals surface area contributed by atoms with E-state index in [4.69, 9.17) is 21.6 Å². The van der Waals surface area contributed by atoms with Crippen molar-refractivity contribution in [3.63, 3.8) is 0 Å². The summed E-state index contributed by atoms with van der Waals surface area (Å²) in [6.45, 7) is 1.42. The standard InChI is InChI=1S/C21H21BrClN3O2/c1-28-15-4-2-14(3-5-15)11-26-13-20(6-7-21(27,12-20)8-9-24)17-18(23)16(22)10-25-19(17)26/h2-5,10,27H,6-8,11-13H2,1H3. The van der Waals surface area contributed by atoms with Gasteiger partial charge in [-0.15, -0.1) is 0 Å². The SMILES string of the molecule is COc1ccc(CN2CC3(CCC(O)(CC#N)C3)c3c2ncc(Br)c3Cl)cc1. The molecule has 28 heavy (non-hydrogen) atoms. The second-order valence-electron chi connectivity index (χ2n) is 7.84. The first-order chi connectivity index (χ1) is 13.4. The van der Waals surface area contributed by atoms with Crippen molar-refractivity contribution in [2.24, 2.45) is 0 Å². The summed E-state index contributed by atoms with van der Waals surface area (Å²) >= 11 is 10.2. The highest BCUT2D eigenvalue weighted by molar-refractivity contribution is 9.10. The van der Waals surface area contributed by atoms with Crippen molar-refractivity contribution in [2.45, 2.75) is 43.2 Å². The fraction of sp³-hybridized carbons (Fsp3) is 0.429. The molecule has 146 valence electrons. The molecule has 0 amide bonds. The summed E-state index contributed by atoms with van der Waals surface area (Å²) in [4.78, 5) is 6.90. The molecule has 7 heteroatoms. The molecule has 2 atom stereocenters. The van der Waals surface area contributed by atoms with Crippen LogP contribution in [0.15, 0.2) is 34.9 Å². The van der Waals surface area contributed by atoms with E-state index in [0.717, 1.165) is 40.1 Å². The van der Waals surface area contributed by atoms with Gasteiger partial charge in [-0.25, -0.2) is 4.98 Å². The zero-order chi connectivity index (χ0) is 19.9. The van der Waals surface area contributed by atoms with Crippen molar-refractivity contribution in [3.8, 4) is 11.8 Å². The molecule has 1 aliphatic carbocycles. The Morgan fingerprint density at radius 3 is 2.79 bits per heavy atom. The van der Waals surface area contributed by atoms with Crippen LogP contribution in [0.2, 0.25) is 5.02 Å². The van der Waals surface area contributed by atoms with E-state index in [1.54, 1.807) is 13.3 Å². The molecule has 1 saturated carbocycles. The molecule has 2 unspecified atom stereocenters. The summed E-state index contributed by atoms with van der Waals surface area (Å²) in [5.41, 5.74) is 0.885. The molecule has 2 heterocycles. The monoisotopic (exact) mass is 461 g/mol. The number of benzene rings is 1. The summed E-state index contributed by atoms with van der Waals surface area (Å²) in [5.74, 6) is 1.69. The minimum Gasteiger partial charge on any atom is -0.497 e. The summed E-state index contributed by atoms with van der Waals surface area (Å²) in [7, 11) is 1.65. The summed E-state index contributed by atoms with van der Waals surface area (Å²) in [6.07, 6.45) is 3.78. The third kappa shape index (κ3) is 3.26. The van der Waals surface area contributed by atoms with E-state index < -0.39 is 5.60 Å². The molecule has 1 N–H and O–H groups in total. The number of aromatic nitrogens is 1. The molecule has 1 aromatic heterocycles. The van der Waals surface area contributed by atoms with Gasteiger partial charge >= 0.3 is 0 Å². The maximum absolute atomic E-state index is 10.9. The van der Waals surface area contributed by atoms with Gasteiger partial charge in [0.25, 0.3) is 0 Å². The molecule has 1 spiro atoms. The van der Waals surface area contributed by atoms with Gasteiger partial charge < -0.3 is 14.7 Å². The minimum absolute atomic E-state index is 0.140. The molecular formula is C21H21BrClN3O2. The van der Waals surface area contributed by atoms with Gasteiger partial charge in [-0.3, -0.25) is 0 Å². The predicted molar refractivity (Wildman–Crippen MR) is 112 cm³/mol. The van der Waals surface area contributed by atoms with Crippen molar-refractivity contribution < 1.29 is 9.84 Å². The van der Waals surface area contributed by atoms with Crippen molar-refractivity contribution in [3.05, 3.63) is 51.1 Å². The van der Waals surface area contributed by atoms with Gasteiger partial charge in [-0.2, -0.15) is 5.26 Å². The number of ether oxygens (including phenoxy) is 1. The number of hydrogen-bond acceptors (Lipinski definition) is 5. The highest BCUT2D eigenvalue weighted by atomic mass is 79.9. The predicted octanol–water partition coefficient (Wildman–Crippen LogP) is 4.59. The van der Waals surface area contributed by atoms with Gasteiger partial charge in [0.1, 0.15) is 11.6 Å². The first kappa shape index (κ1) is 19.5. The Kier molecular flexibility index (Phi) is 5.03. The van der Waals surface area contributed by atoms with Crippen LogP contribution in [0.3, 0.4) is 0 Å². The average Bonchev–Trinajstić information content (AvgIpc) is 3.16. The number of rotatable bonds is 4. The molecule has 0 saturated heterocycles. The lowest BCUT2D eigenvalue weighted by Gasteiger charge is -2.28. The van der Waals surface area contributed by atoms with E-state index in [2.05, 4.69) is 31.9 Å². The first-order valence-electron chi connectivity index (χ1n) is 9.21. The Morgan fingerprint density at radius 2 is 2.11 bits per heavy atom. The molecular weight excluding hydrogens is 442 g/mol. The van der Waals surface area contributed by atoms with Crippen molar-refractivity contribution >= 4 is 33.3 Å². The topological polar surface area (TPSA) is 69.4 Å². The van der Waals surface area contributed by atoms with Crippen molar-refractivity contribution in [2.75, 3.05) is 18.6 Å². The van der Waals surface area contributed by atoms with Crippen LogP contribution in [0.1, 0.15) is 36.8 Å². The summed E-state index contributed by atoms with van der Waals surface area (Å²) in [6, 6.07) is 10.1. The maximum atomic E-state index is 10.9. The van der Waals surface area contributed by atoms with Crippen LogP contribution in [0.4, 0.5) is 5.82 Å². The van der Waals surface area contributed by atoms with Gasteiger partial charge in [0.15, 0.2) is 0 Å². The van der Waals surface area contributed by atoms with Gasteiger partial charge in [0.2, 0.25) is 0 Å². The Balaban J connectivity index is 1.70. The van der Waals surface area contributed by atoms with E-state index in [1.807, 2.05) is 24.3 Å². The third-order valence-electron chi connectivity index (χ3n) is 5.95. The molecule has 0 radical (unpaired) electrons. The van der Waals surface area contributed by atoms with Crippen LogP contribution in [0.5, 0.6) is 5.75 Å². The van der Waals surface area contributed by atoms with E-state index in [-0.39, 0.29) is 11.8 Å². The molecule has 1 aliphatic heterocycles. The lowest BCUT2D eigenvalue weighted by atomic mass is 9.79. The van der Waals surface area contributed by atoms with E-state index in [9.17, 15) is 5.11 Å². The van der Waals surface area contributed by atoms with Crippen LogP contribution in [0, 0.1) is 11.3 Å². The van der Waals surface area contributed by atoms with Gasteiger partial charge in [-0.05, 0) is 52.9 Å². The molecule has 2 aromatic rings. The van der Waals surface area contributed by atoms with E-state index >= 15 is 0 Å². The first-order valence-corrected chi connectivity index (χ1v) is 10.4. The number of hydrogen-bond donors (Lipinski definition) is 1. The van der Waals surface area contributed by atoms with E-state index in [0.29, 0.717) is 24.4 Å². The largest absolute Gasteiger partial charge is 0.497 e. The van der Waals surface area contributed by atoms with E-state index in [1.165, 1.54) is 0 Å². The van der Waals surface area contributed by atoms with Gasteiger partial charge in [0, 0.05) is 30.3 Å². The lowest BCUT2D eigenvalue weighted by Crippen LogP contribution is -2.34. The number of methoxy groups -OCH3 is 1.